The summed E-state index contributed by atoms with van der Waals surface area (Å²) in [5.74, 6) is -1.11. The molecule has 0 aliphatic carbocycles. The smallest absolute Gasteiger partial charge is 0.357 e. The number of aromatic nitrogens is 1. The lowest BCUT2D eigenvalue weighted by Gasteiger charge is -2.20. The zero-order valence-corrected chi connectivity index (χ0v) is 15.3. The van der Waals surface area contributed by atoms with Gasteiger partial charge in [0.15, 0.2) is 5.69 Å². The monoisotopic (exact) mass is 388 g/mol. The van der Waals surface area contributed by atoms with Crippen LogP contribution in [-0.4, -0.2) is 51.0 Å². The molecule has 0 radical (unpaired) electrons. The number of ether oxygens (including phenoxy) is 2. The van der Waals surface area contributed by atoms with E-state index in [1.54, 1.807) is 0 Å². The molecule has 0 amide bonds. The molecule has 0 unspecified atom stereocenters. The molecule has 1 aromatic heterocycles. The molecule has 0 aliphatic heterocycles. The Balaban J connectivity index is 2.27. The van der Waals surface area contributed by atoms with Gasteiger partial charge < -0.3 is 9.47 Å². The van der Waals surface area contributed by atoms with Gasteiger partial charge in [0.25, 0.3) is 0 Å². The highest BCUT2D eigenvalue weighted by atomic mass is 32.2. The molecule has 0 N–H and O–H groups in total. The lowest BCUT2D eigenvalue weighted by Crippen LogP contribution is -2.33. The number of carbonyl (C=O) groups is 1. The summed E-state index contributed by atoms with van der Waals surface area (Å²) in [6.45, 7) is 0.226. The standard InChI is InChI=1S/C15H17FN2O5S2/c1-22-8-7-18(9-14-17-13(10-24-14)15(19)23-2)25(20,21)12-5-3-11(16)4-6-12/h3-6,10H,7-9H2,1-2H3. The molecule has 2 rings (SSSR count). The number of sulfonamides is 1. The topological polar surface area (TPSA) is 85.8 Å². The summed E-state index contributed by atoms with van der Waals surface area (Å²) in [6.07, 6.45) is 0. The van der Waals surface area contributed by atoms with E-state index in [2.05, 4.69) is 9.72 Å². The van der Waals surface area contributed by atoms with Crippen molar-refractivity contribution in [3.63, 3.8) is 0 Å². The fraction of sp³-hybridized carbons (Fsp3) is 0.333. The van der Waals surface area contributed by atoms with Gasteiger partial charge in [-0.25, -0.2) is 22.6 Å². The summed E-state index contributed by atoms with van der Waals surface area (Å²) in [4.78, 5) is 15.5. The van der Waals surface area contributed by atoms with Crippen molar-refractivity contribution < 1.29 is 27.1 Å². The number of benzene rings is 1. The van der Waals surface area contributed by atoms with Crippen molar-refractivity contribution in [2.24, 2.45) is 0 Å². The maximum absolute atomic E-state index is 13.1. The Hall–Kier alpha value is -1.88. The van der Waals surface area contributed by atoms with E-state index in [1.165, 1.54) is 36.0 Å². The molecule has 1 aromatic carbocycles. The number of halogens is 1. The second-order valence-corrected chi connectivity index (χ2v) is 7.78. The molecule has 7 nitrogen and oxygen atoms in total. The fourth-order valence-corrected chi connectivity index (χ4v) is 4.21. The van der Waals surface area contributed by atoms with Gasteiger partial charge in [0.2, 0.25) is 10.0 Å². The van der Waals surface area contributed by atoms with Crippen LogP contribution in [0.25, 0.3) is 0 Å². The van der Waals surface area contributed by atoms with Gasteiger partial charge in [0, 0.05) is 19.0 Å². The van der Waals surface area contributed by atoms with E-state index in [0.717, 1.165) is 23.5 Å². The van der Waals surface area contributed by atoms with Crippen LogP contribution in [0.15, 0.2) is 34.5 Å². The summed E-state index contributed by atoms with van der Waals surface area (Å²) in [5.41, 5.74) is 0.119. The molecular formula is C15H17FN2O5S2. The summed E-state index contributed by atoms with van der Waals surface area (Å²) in [6, 6.07) is 4.57. The minimum atomic E-state index is -3.87. The van der Waals surface area contributed by atoms with Crippen LogP contribution in [0.1, 0.15) is 15.5 Å². The van der Waals surface area contributed by atoms with Crippen LogP contribution in [0.5, 0.6) is 0 Å². The zero-order chi connectivity index (χ0) is 18.4. The summed E-state index contributed by atoms with van der Waals surface area (Å²) in [7, 11) is -1.17. The van der Waals surface area contributed by atoms with Gasteiger partial charge in [-0.2, -0.15) is 4.31 Å². The van der Waals surface area contributed by atoms with Gasteiger partial charge in [-0.1, -0.05) is 0 Å². The first-order valence-electron chi connectivity index (χ1n) is 7.16. The minimum Gasteiger partial charge on any atom is -0.464 e. The van der Waals surface area contributed by atoms with Crippen LogP contribution in [0.4, 0.5) is 4.39 Å². The van der Waals surface area contributed by atoms with Gasteiger partial charge in [0.05, 0.1) is 25.2 Å². The third-order valence-electron chi connectivity index (χ3n) is 3.25. The molecular weight excluding hydrogens is 371 g/mol. The van der Waals surface area contributed by atoms with Gasteiger partial charge in [-0.05, 0) is 24.3 Å². The van der Waals surface area contributed by atoms with E-state index in [0.29, 0.717) is 5.01 Å². The molecule has 2 aromatic rings. The van der Waals surface area contributed by atoms with Crippen LogP contribution < -0.4 is 0 Å². The quantitative estimate of drug-likeness (QED) is 0.642. The molecule has 0 saturated heterocycles. The van der Waals surface area contributed by atoms with E-state index < -0.39 is 21.8 Å². The number of carbonyl (C=O) groups excluding carboxylic acids is 1. The second-order valence-electron chi connectivity index (χ2n) is 4.90. The number of methoxy groups -OCH3 is 2. The van der Waals surface area contributed by atoms with Crippen molar-refractivity contribution in [1.82, 2.24) is 9.29 Å². The van der Waals surface area contributed by atoms with Gasteiger partial charge in [-0.15, -0.1) is 11.3 Å². The lowest BCUT2D eigenvalue weighted by molar-refractivity contribution is 0.0594. The van der Waals surface area contributed by atoms with E-state index in [-0.39, 0.29) is 30.3 Å². The Kier molecular flexibility index (Phi) is 6.59. The molecule has 0 bridgehead atoms. The maximum Gasteiger partial charge on any atom is 0.357 e. The first kappa shape index (κ1) is 19.4. The second kappa shape index (κ2) is 8.48. The van der Waals surface area contributed by atoms with Crippen LogP contribution in [-0.2, 0) is 26.0 Å². The van der Waals surface area contributed by atoms with Gasteiger partial charge in [-0.3, -0.25) is 0 Å². The van der Waals surface area contributed by atoms with E-state index in [9.17, 15) is 17.6 Å². The van der Waals surface area contributed by atoms with Crippen LogP contribution in [0.3, 0.4) is 0 Å². The molecule has 0 saturated carbocycles. The number of esters is 1. The Morgan fingerprint density at radius 1 is 1.28 bits per heavy atom. The molecule has 136 valence electrons. The van der Waals surface area contributed by atoms with Gasteiger partial charge in [0.1, 0.15) is 10.8 Å². The Morgan fingerprint density at radius 3 is 2.56 bits per heavy atom. The average Bonchev–Trinajstić information content (AvgIpc) is 3.06. The Bertz CT molecular complexity index is 821. The Morgan fingerprint density at radius 2 is 1.96 bits per heavy atom. The minimum absolute atomic E-state index is 0.0326. The predicted molar refractivity (Wildman–Crippen MR) is 89.3 cm³/mol. The molecule has 10 heteroatoms. The lowest BCUT2D eigenvalue weighted by atomic mass is 10.4. The predicted octanol–water partition coefficient (Wildman–Crippen LogP) is 1.91. The molecule has 1 heterocycles. The van der Waals surface area contributed by atoms with Crippen LogP contribution in [0, 0.1) is 5.82 Å². The van der Waals surface area contributed by atoms with Crippen LogP contribution >= 0.6 is 11.3 Å². The summed E-state index contributed by atoms with van der Waals surface area (Å²) in [5, 5.41) is 1.93. The van der Waals surface area contributed by atoms with Crippen molar-refractivity contribution in [1.29, 1.82) is 0 Å². The maximum atomic E-state index is 13.1. The fourth-order valence-electron chi connectivity index (χ4n) is 1.97. The SMILES string of the molecule is COCCN(Cc1nc(C(=O)OC)cs1)S(=O)(=O)c1ccc(F)cc1. The number of thiazole rings is 1. The van der Waals surface area contributed by atoms with Crippen LogP contribution in [0.2, 0.25) is 0 Å². The third kappa shape index (κ3) is 4.82. The highest BCUT2D eigenvalue weighted by Crippen LogP contribution is 2.20. The zero-order valence-electron chi connectivity index (χ0n) is 13.6. The van der Waals surface area contributed by atoms with Crippen molar-refractivity contribution in [2.75, 3.05) is 27.4 Å². The first-order chi connectivity index (χ1) is 11.9. The van der Waals surface area contributed by atoms with E-state index >= 15 is 0 Å². The van der Waals surface area contributed by atoms with E-state index in [1.807, 2.05) is 0 Å². The highest BCUT2D eigenvalue weighted by molar-refractivity contribution is 7.89. The van der Waals surface area contributed by atoms with Crippen molar-refractivity contribution in [3.05, 3.63) is 46.2 Å². The first-order valence-corrected chi connectivity index (χ1v) is 9.48. The normalized spacial score (nSPS) is 11.7. The highest BCUT2D eigenvalue weighted by Gasteiger charge is 2.26. The largest absolute Gasteiger partial charge is 0.464 e. The van der Waals surface area contributed by atoms with Crippen molar-refractivity contribution in [3.8, 4) is 0 Å². The summed E-state index contributed by atoms with van der Waals surface area (Å²) < 4.78 is 49.3. The van der Waals surface area contributed by atoms with E-state index in [4.69, 9.17) is 4.74 Å². The number of nitrogens with zero attached hydrogens (tertiary/aromatic N) is 2. The summed E-state index contributed by atoms with van der Waals surface area (Å²) >= 11 is 1.15. The number of hydrogen-bond acceptors (Lipinski definition) is 7. The molecule has 25 heavy (non-hydrogen) atoms. The van der Waals surface area contributed by atoms with Crippen molar-refractivity contribution in [2.45, 2.75) is 11.4 Å². The molecule has 0 aliphatic rings. The number of rotatable bonds is 8. The van der Waals surface area contributed by atoms with Gasteiger partial charge >= 0.3 is 5.97 Å². The molecule has 0 fully saturated rings. The average molecular weight is 388 g/mol. The molecule has 0 atom stereocenters. The third-order valence-corrected chi connectivity index (χ3v) is 5.95. The number of hydrogen-bond donors (Lipinski definition) is 0. The molecule has 0 spiro atoms. The Labute approximate surface area is 149 Å². The van der Waals surface area contributed by atoms with Crippen molar-refractivity contribution >= 4 is 27.3 Å².